The molecule has 116 valence electrons. The maximum Gasteiger partial charge on any atom is 0.0473 e. The highest BCUT2D eigenvalue weighted by Gasteiger charge is 2.36. The Morgan fingerprint density at radius 2 is 1.86 bits per heavy atom. The quantitative estimate of drug-likeness (QED) is 0.911. The number of benzene rings is 1. The third-order valence-corrected chi connectivity index (χ3v) is 5.83. The van der Waals surface area contributed by atoms with Crippen LogP contribution in [-0.2, 0) is 0 Å². The first-order valence-electron chi connectivity index (χ1n) is 8.73. The SMILES string of the molecule is Cc1ccc(C(CN)N2CCCC3CCCCC32)cc1C. The molecular formula is C19H30N2. The van der Waals surface area contributed by atoms with E-state index in [-0.39, 0.29) is 0 Å². The van der Waals surface area contributed by atoms with E-state index in [9.17, 15) is 0 Å². The average molecular weight is 286 g/mol. The van der Waals surface area contributed by atoms with Gasteiger partial charge in [-0.3, -0.25) is 4.90 Å². The van der Waals surface area contributed by atoms with Crippen LogP contribution >= 0.6 is 0 Å². The molecule has 0 radical (unpaired) electrons. The predicted molar refractivity (Wildman–Crippen MR) is 89.4 cm³/mol. The highest BCUT2D eigenvalue weighted by atomic mass is 15.2. The Morgan fingerprint density at radius 1 is 1.10 bits per heavy atom. The second-order valence-corrected chi connectivity index (χ2v) is 7.09. The van der Waals surface area contributed by atoms with Crippen molar-refractivity contribution in [2.45, 2.75) is 64.5 Å². The first kappa shape index (κ1) is 15.1. The van der Waals surface area contributed by atoms with E-state index in [4.69, 9.17) is 5.73 Å². The monoisotopic (exact) mass is 286 g/mol. The van der Waals surface area contributed by atoms with Crippen molar-refractivity contribution in [3.63, 3.8) is 0 Å². The van der Waals surface area contributed by atoms with E-state index in [0.29, 0.717) is 6.04 Å². The van der Waals surface area contributed by atoms with Crippen LogP contribution in [0.3, 0.4) is 0 Å². The van der Waals surface area contributed by atoms with Gasteiger partial charge in [-0.25, -0.2) is 0 Å². The number of hydrogen-bond donors (Lipinski definition) is 1. The molecule has 0 amide bonds. The zero-order valence-corrected chi connectivity index (χ0v) is 13.6. The van der Waals surface area contributed by atoms with Gasteiger partial charge in [-0.05, 0) is 68.7 Å². The maximum absolute atomic E-state index is 6.20. The first-order chi connectivity index (χ1) is 10.2. The smallest absolute Gasteiger partial charge is 0.0473 e. The van der Waals surface area contributed by atoms with Crippen LogP contribution in [0.25, 0.3) is 0 Å². The molecule has 0 bridgehead atoms. The number of rotatable bonds is 3. The van der Waals surface area contributed by atoms with Gasteiger partial charge in [0.2, 0.25) is 0 Å². The summed E-state index contributed by atoms with van der Waals surface area (Å²) in [7, 11) is 0. The highest BCUT2D eigenvalue weighted by Crippen LogP contribution is 2.39. The molecule has 1 aliphatic heterocycles. The van der Waals surface area contributed by atoms with Crippen molar-refractivity contribution in [2.75, 3.05) is 13.1 Å². The van der Waals surface area contributed by atoms with Crippen LogP contribution < -0.4 is 5.73 Å². The zero-order chi connectivity index (χ0) is 14.8. The van der Waals surface area contributed by atoms with E-state index in [0.717, 1.165) is 18.5 Å². The number of piperidine rings is 1. The summed E-state index contributed by atoms with van der Waals surface area (Å²) in [6, 6.07) is 8.11. The molecule has 3 unspecified atom stereocenters. The largest absolute Gasteiger partial charge is 0.329 e. The van der Waals surface area contributed by atoms with Gasteiger partial charge in [0.1, 0.15) is 0 Å². The summed E-state index contributed by atoms with van der Waals surface area (Å²) in [6.07, 6.45) is 8.44. The van der Waals surface area contributed by atoms with E-state index in [1.807, 2.05) is 0 Å². The predicted octanol–water partition coefficient (Wildman–Crippen LogP) is 3.96. The molecule has 21 heavy (non-hydrogen) atoms. The molecule has 0 aromatic heterocycles. The normalized spacial score (nSPS) is 28.1. The fraction of sp³-hybridized carbons (Fsp3) is 0.684. The lowest BCUT2D eigenvalue weighted by atomic mass is 9.77. The number of nitrogens with zero attached hydrogens (tertiary/aromatic N) is 1. The molecule has 3 atom stereocenters. The van der Waals surface area contributed by atoms with Crippen molar-refractivity contribution in [2.24, 2.45) is 11.7 Å². The number of likely N-dealkylation sites (tertiary alicyclic amines) is 1. The maximum atomic E-state index is 6.20. The summed E-state index contributed by atoms with van der Waals surface area (Å²) in [4.78, 5) is 2.75. The van der Waals surface area contributed by atoms with Crippen molar-refractivity contribution >= 4 is 0 Å². The summed E-state index contributed by atoms with van der Waals surface area (Å²) < 4.78 is 0. The van der Waals surface area contributed by atoms with Gasteiger partial charge < -0.3 is 5.73 Å². The molecular weight excluding hydrogens is 256 g/mol. The number of aryl methyl sites for hydroxylation is 2. The molecule has 1 aromatic carbocycles. The minimum absolute atomic E-state index is 0.412. The average Bonchev–Trinajstić information content (AvgIpc) is 2.52. The standard InChI is InChI=1S/C19H30N2/c1-14-9-10-17(12-15(14)2)19(13-20)21-11-5-7-16-6-3-4-8-18(16)21/h9-10,12,16,18-19H,3-8,11,13,20H2,1-2H3. The topological polar surface area (TPSA) is 29.3 Å². The fourth-order valence-electron chi connectivity index (χ4n) is 4.49. The number of nitrogens with two attached hydrogens (primary N) is 1. The van der Waals surface area contributed by atoms with Crippen molar-refractivity contribution in [3.05, 3.63) is 34.9 Å². The highest BCUT2D eigenvalue weighted by molar-refractivity contribution is 5.32. The third-order valence-electron chi connectivity index (χ3n) is 5.83. The minimum atomic E-state index is 0.412. The lowest BCUT2D eigenvalue weighted by Gasteiger charge is -2.47. The molecule has 1 saturated heterocycles. The van der Waals surface area contributed by atoms with E-state index in [1.54, 1.807) is 0 Å². The summed E-state index contributed by atoms with van der Waals surface area (Å²) in [5.41, 5.74) is 10.4. The molecule has 1 heterocycles. The van der Waals surface area contributed by atoms with E-state index < -0.39 is 0 Å². The Morgan fingerprint density at radius 3 is 2.62 bits per heavy atom. The molecule has 1 aromatic rings. The van der Waals surface area contributed by atoms with Gasteiger partial charge in [0.25, 0.3) is 0 Å². The van der Waals surface area contributed by atoms with Gasteiger partial charge in [-0.15, -0.1) is 0 Å². The van der Waals surface area contributed by atoms with E-state index in [2.05, 4.69) is 36.9 Å². The van der Waals surface area contributed by atoms with Gasteiger partial charge in [-0.2, -0.15) is 0 Å². The Hall–Kier alpha value is -0.860. The van der Waals surface area contributed by atoms with E-state index >= 15 is 0 Å². The minimum Gasteiger partial charge on any atom is -0.329 e. The van der Waals surface area contributed by atoms with Gasteiger partial charge in [0.05, 0.1) is 0 Å². The van der Waals surface area contributed by atoms with Gasteiger partial charge >= 0.3 is 0 Å². The lowest BCUT2D eigenvalue weighted by molar-refractivity contribution is 0.0276. The van der Waals surface area contributed by atoms with Crippen molar-refractivity contribution in [3.8, 4) is 0 Å². The molecule has 2 heteroatoms. The molecule has 2 nitrogen and oxygen atoms in total. The lowest BCUT2D eigenvalue weighted by Crippen LogP contribution is -2.50. The number of hydrogen-bond acceptors (Lipinski definition) is 2. The Bertz CT molecular complexity index is 480. The molecule has 1 saturated carbocycles. The molecule has 2 N–H and O–H groups in total. The van der Waals surface area contributed by atoms with Crippen LogP contribution in [0.1, 0.15) is 61.3 Å². The summed E-state index contributed by atoms with van der Waals surface area (Å²) in [5, 5.41) is 0. The molecule has 3 rings (SSSR count). The van der Waals surface area contributed by atoms with Crippen LogP contribution in [0.5, 0.6) is 0 Å². The summed E-state index contributed by atoms with van der Waals surface area (Å²) in [5.74, 6) is 0.924. The third kappa shape index (κ3) is 3.02. The first-order valence-corrected chi connectivity index (χ1v) is 8.73. The van der Waals surface area contributed by atoms with Crippen LogP contribution in [0, 0.1) is 19.8 Å². The van der Waals surface area contributed by atoms with Crippen molar-refractivity contribution < 1.29 is 0 Å². The number of fused-ring (bicyclic) bond motifs is 1. The molecule has 1 aliphatic carbocycles. The molecule has 2 fully saturated rings. The van der Waals surface area contributed by atoms with Crippen LogP contribution in [0.2, 0.25) is 0 Å². The van der Waals surface area contributed by atoms with Gasteiger partial charge in [0, 0.05) is 18.6 Å². The molecule has 2 aliphatic rings. The van der Waals surface area contributed by atoms with Crippen molar-refractivity contribution in [1.82, 2.24) is 4.90 Å². The van der Waals surface area contributed by atoms with Crippen LogP contribution in [-0.4, -0.2) is 24.0 Å². The second-order valence-electron chi connectivity index (χ2n) is 7.09. The van der Waals surface area contributed by atoms with Crippen LogP contribution in [0.4, 0.5) is 0 Å². The fourth-order valence-corrected chi connectivity index (χ4v) is 4.49. The molecule has 0 spiro atoms. The van der Waals surface area contributed by atoms with Crippen molar-refractivity contribution in [1.29, 1.82) is 0 Å². The summed E-state index contributed by atoms with van der Waals surface area (Å²) >= 11 is 0. The van der Waals surface area contributed by atoms with E-state index in [1.165, 1.54) is 61.8 Å². The zero-order valence-electron chi connectivity index (χ0n) is 13.6. The second kappa shape index (κ2) is 6.50. The Balaban J connectivity index is 1.85. The van der Waals surface area contributed by atoms with Gasteiger partial charge in [0.15, 0.2) is 0 Å². The Kier molecular flexibility index (Phi) is 4.66. The van der Waals surface area contributed by atoms with Crippen LogP contribution in [0.15, 0.2) is 18.2 Å². The Labute approximate surface area is 129 Å². The van der Waals surface area contributed by atoms with Gasteiger partial charge in [-0.1, -0.05) is 31.0 Å². The summed E-state index contributed by atoms with van der Waals surface area (Å²) in [6.45, 7) is 6.38.